The quantitative estimate of drug-likeness (QED) is 0.396. The van der Waals surface area contributed by atoms with Gasteiger partial charge in [0.2, 0.25) is 0 Å². The number of hydrogen-bond donors (Lipinski definition) is 0. The van der Waals surface area contributed by atoms with Crippen LogP contribution in [0.3, 0.4) is 0 Å². The molecule has 66 valence electrons. The van der Waals surface area contributed by atoms with Crippen molar-refractivity contribution in [1.29, 1.82) is 0 Å². The summed E-state index contributed by atoms with van der Waals surface area (Å²) >= 11 is 5.54. The van der Waals surface area contributed by atoms with Crippen LogP contribution in [0.15, 0.2) is 9.59 Å². The van der Waals surface area contributed by atoms with E-state index in [1.54, 1.807) is 29.8 Å². The van der Waals surface area contributed by atoms with E-state index in [0.29, 0.717) is 9.26 Å². The molecule has 0 spiro atoms. The summed E-state index contributed by atoms with van der Waals surface area (Å²) in [5.41, 5.74) is 0.0492. The van der Waals surface area contributed by atoms with E-state index < -0.39 is 0 Å². The van der Waals surface area contributed by atoms with Crippen molar-refractivity contribution in [1.82, 2.24) is 5.56 Å². The average molecular weight is 504 g/mol. The molecule has 12 heavy (non-hydrogen) atoms. The first kappa shape index (κ1) is 10.9. The Balaban J connectivity index is 3.86. The maximum Gasteiger partial charge on any atom is 0.349 e. The van der Waals surface area contributed by atoms with Gasteiger partial charge in [-0.25, -0.2) is 7.58 Å². The van der Waals surface area contributed by atoms with Gasteiger partial charge in [-0.1, -0.05) is 0 Å². The van der Waals surface area contributed by atoms with Crippen molar-refractivity contribution in [2.45, 2.75) is 6.92 Å². The van der Waals surface area contributed by atoms with Gasteiger partial charge in [0.25, 0.3) is 5.56 Å². The fraction of sp³-hybridized carbons (Fsp3) is 0.200. The zero-order valence-corrected chi connectivity index (χ0v) is 12.3. The molecule has 1 heterocycles. The number of aromatic nitrogens is 2. The van der Waals surface area contributed by atoms with Gasteiger partial charge in [0.1, 0.15) is 3.70 Å². The van der Waals surface area contributed by atoms with Crippen LogP contribution >= 0.6 is 68.3 Å². The first-order valence-corrected chi connectivity index (χ1v) is 5.84. The van der Waals surface area contributed by atoms with Gasteiger partial charge in [-0.2, -0.15) is 2.78 Å². The SMILES string of the molecule is Cc1c(I)n(I)c(=O)n(I)c1=O. The Morgan fingerprint density at radius 3 is 2.17 bits per heavy atom. The molecule has 0 aromatic carbocycles. The zero-order valence-electron chi connectivity index (χ0n) is 5.84. The minimum absolute atomic E-state index is 0.238. The molecule has 0 amide bonds. The van der Waals surface area contributed by atoms with E-state index in [2.05, 4.69) is 0 Å². The van der Waals surface area contributed by atoms with Crippen molar-refractivity contribution in [3.05, 3.63) is 30.1 Å². The number of nitrogens with zero attached hydrogens (tertiary/aromatic N) is 2. The van der Waals surface area contributed by atoms with E-state index in [0.717, 1.165) is 2.78 Å². The fourth-order valence-corrected chi connectivity index (χ4v) is 2.64. The van der Waals surface area contributed by atoms with Crippen LogP contribution in [-0.4, -0.2) is 5.56 Å². The van der Waals surface area contributed by atoms with Crippen LogP contribution in [0.4, 0.5) is 0 Å². The molecule has 0 atom stereocenters. The van der Waals surface area contributed by atoms with E-state index in [4.69, 9.17) is 0 Å². The molecule has 0 saturated heterocycles. The molecule has 0 aliphatic heterocycles. The Morgan fingerprint density at radius 1 is 1.17 bits per heavy atom. The summed E-state index contributed by atoms with van der Waals surface area (Å²) in [6.07, 6.45) is 0. The second-order valence-corrected chi connectivity index (χ2v) is 5.02. The molecule has 1 rings (SSSR count). The third-order valence-corrected chi connectivity index (χ3v) is 5.28. The van der Waals surface area contributed by atoms with Gasteiger partial charge in [-0.15, -0.1) is 0 Å². The lowest BCUT2D eigenvalue weighted by Crippen LogP contribution is -2.34. The summed E-state index contributed by atoms with van der Waals surface area (Å²) in [4.78, 5) is 22.6. The predicted octanol–water partition coefficient (Wildman–Crippen LogP) is 1.32. The van der Waals surface area contributed by atoms with Crippen molar-refractivity contribution in [3.8, 4) is 0 Å². The average Bonchev–Trinajstić information content (AvgIpc) is 2.08. The maximum absolute atomic E-state index is 11.3. The van der Waals surface area contributed by atoms with Crippen molar-refractivity contribution >= 4 is 68.3 Å². The summed E-state index contributed by atoms with van der Waals surface area (Å²) in [5, 5.41) is 0. The third-order valence-electron chi connectivity index (χ3n) is 1.32. The molecule has 4 nitrogen and oxygen atoms in total. The molecular weight excluding hydrogens is 501 g/mol. The largest absolute Gasteiger partial charge is 0.349 e. The summed E-state index contributed by atoms with van der Waals surface area (Å²) in [6.45, 7) is 1.70. The first-order chi connectivity index (χ1) is 5.46. The number of rotatable bonds is 0. The standard InChI is InChI=1S/C5H3I3N2O2/c1-2-3(6)9(7)5(12)10(8)4(2)11/h1H3. The molecule has 0 N–H and O–H groups in total. The van der Waals surface area contributed by atoms with Crippen LogP contribution < -0.4 is 11.2 Å². The molecule has 1 aromatic rings. The molecule has 0 bridgehead atoms. The van der Waals surface area contributed by atoms with E-state index >= 15 is 0 Å². The van der Waals surface area contributed by atoms with E-state index in [9.17, 15) is 9.59 Å². The first-order valence-electron chi connectivity index (χ1n) is 2.83. The highest BCUT2D eigenvalue weighted by Gasteiger charge is 2.10. The molecular formula is C5H3I3N2O2. The highest BCUT2D eigenvalue weighted by molar-refractivity contribution is 14.1. The van der Waals surface area contributed by atoms with Crippen molar-refractivity contribution in [3.63, 3.8) is 0 Å². The van der Waals surface area contributed by atoms with Gasteiger partial charge >= 0.3 is 5.69 Å². The zero-order chi connectivity index (χ0) is 9.46. The Kier molecular flexibility index (Phi) is 3.59. The van der Waals surface area contributed by atoms with Gasteiger partial charge in [0.15, 0.2) is 0 Å². The van der Waals surface area contributed by atoms with E-state index in [1.165, 1.54) is 2.78 Å². The van der Waals surface area contributed by atoms with Crippen LogP contribution in [0, 0.1) is 10.6 Å². The summed E-state index contributed by atoms with van der Waals surface area (Å²) in [7, 11) is 0. The molecule has 0 aliphatic carbocycles. The Bertz CT molecular complexity index is 396. The van der Waals surface area contributed by atoms with Gasteiger partial charge in [0, 0.05) is 5.56 Å². The number of halogens is 3. The molecule has 0 saturated carbocycles. The lowest BCUT2D eigenvalue weighted by molar-refractivity contribution is 0.944. The molecule has 0 radical (unpaired) electrons. The van der Waals surface area contributed by atoms with Gasteiger partial charge < -0.3 is 0 Å². The smallest absolute Gasteiger partial charge is 0.268 e. The minimum atomic E-state index is -0.309. The highest BCUT2D eigenvalue weighted by Crippen LogP contribution is 2.07. The lowest BCUT2D eigenvalue weighted by atomic mass is 10.4. The van der Waals surface area contributed by atoms with Crippen LogP contribution in [-0.2, 0) is 0 Å². The fourth-order valence-electron chi connectivity index (χ4n) is 0.631. The number of hydrogen-bond acceptors (Lipinski definition) is 2. The molecule has 0 fully saturated rings. The predicted molar refractivity (Wildman–Crippen MR) is 71.3 cm³/mol. The topological polar surface area (TPSA) is 44.0 Å². The van der Waals surface area contributed by atoms with Crippen molar-refractivity contribution in [2.24, 2.45) is 0 Å². The van der Waals surface area contributed by atoms with Crippen LogP contribution in [0.1, 0.15) is 5.56 Å². The summed E-state index contributed by atoms with van der Waals surface area (Å²) in [5.74, 6) is 0. The molecule has 0 aliphatic rings. The molecule has 7 heteroatoms. The molecule has 1 aromatic heterocycles. The highest BCUT2D eigenvalue weighted by atomic mass is 127. The van der Waals surface area contributed by atoms with Gasteiger partial charge in [-0.05, 0) is 29.5 Å². The Morgan fingerprint density at radius 2 is 1.67 bits per heavy atom. The Hall–Kier alpha value is 0.870. The summed E-state index contributed by atoms with van der Waals surface area (Å²) in [6, 6.07) is 0. The molecule has 0 unspecified atom stereocenters. The van der Waals surface area contributed by atoms with Gasteiger partial charge in [0.05, 0.1) is 45.7 Å². The van der Waals surface area contributed by atoms with Crippen LogP contribution in [0.2, 0.25) is 0 Å². The monoisotopic (exact) mass is 504 g/mol. The lowest BCUT2D eigenvalue weighted by Gasteiger charge is -2.03. The van der Waals surface area contributed by atoms with Crippen molar-refractivity contribution < 1.29 is 0 Å². The maximum atomic E-state index is 11.3. The normalized spacial score (nSPS) is 10.3. The van der Waals surface area contributed by atoms with E-state index in [-0.39, 0.29) is 11.2 Å². The Labute approximate surface area is 109 Å². The van der Waals surface area contributed by atoms with Crippen LogP contribution in [0.5, 0.6) is 0 Å². The van der Waals surface area contributed by atoms with E-state index in [1.807, 2.05) is 45.5 Å². The minimum Gasteiger partial charge on any atom is -0.268 e. The third kappa shape index (κ3) is 1.71. The second kappa shape index (κ2) is 3.94. The second-order valence-electron chi connectivity index (χ2n) is 2.07. The summed E-state index contributed by atoms with van der Waals surface area (Å²) < 4.78 is 3.17. The van der Waals surface area contributed by atoms with Crippen molar-refractivity contribution in [2.75, 3.05) is 0 Å². The van der Waals surface area contributed by atoms with Crippen LogP contribution in [0.25, 0.3) is 0 Å². The van der Waals surface area contributed by atoms with Gasteiger partial charge in [-0.3, -0.25) is 4.79 Å².